The molecule has 0 aromatic heterocycles. The lowest BCUT2D eigenvalue weighted by Gasteiger charge is -2.06. The third-order valence-corrected chi connectivity index (χ3v) is 2.29. The van der Waals surface area contributed by atoms with E-state index in [0.29, 0.717) is 0 Å². The quantitative estimate of drug-likeness (QED) is 0.505. The maximum Gasteiger partial charge on any atom is 0.0466 e. The van der Waals surface area contributed by atoms with Crippen molar-refractivity contribution >= 4 is 0 Å². The van der Waals surface area contributed by atoms with Gasteiger partial charge in [-0.3, -0.25) is 0 Å². The van der Waals surface area contributed by atoms with E-state index in [1.165, 1.54) is 38.0 Å². The first-order chi connectivity index (χ1) is 6.63. The van der Waals surface area contributed by atoms with E-state index in [4.69, 9.17) is 4.74 Å². The van der Waals surface area contributed by atoms with Crippen LogP contribution in [-0.4, -0.2) is 13.2 Å². The summed E-state index contributed by atoms with van der Waals surface area (Å²) in [5.74, 6) is 2.35. The van der Waals surface area contributed by atoms with Gasteiger partial charge in [0, 0.05) is 13.2 Å². The minimum atomic E-state index is 0.816. The summed E-state index contributed by atoms with van der Waals surface area (Å²) in [5.41, 5.74) is 0. The summed E-state index contributed by atoms with van der Waals surface area (Å²) in [6.45, 7) is 10.8. The molecule has 0 aromatic rings. The average Bonchev–Trinajstić information content (AvgIpc) is 2.08. The Kier molecular flexibility index (Phi) is 9.49. The Morgan fingerprint density at radius 1 is 1.00 bits per heavy atom. The van der Waals surface area contributed by atoms with Crippen LogP contribution >= 0.6 is 0 Å². The van der Waals surface area contributed by atoms with E-state index < -0.39 is 0 Å². The molecule has 0 aromatic carbocycles. The number of ether oxygens (including phenoxy) is 1. The molecule has 0 spiro atoms. The molecule has 0 aliphatic heterocycles. The molecule has 1 heteroatoms. The molecule has 0 N–H and O–H groups in total. The van der Waals surface area contributed by atoms with E-state index in [0.717, 1.165) is 19.1 Å². The van der Waals surface area contributed by atoms with Gasteiger partial charge in [0.1, 0.15) is 0 Å². The van der Waals surface area contributed by atoms with Crippen LogP contribution in [0.15, 0.2) is 0 Å². The molecule has 0 saturated heterocycles. The highest BCUT2D eigenvalue weighted by molar-refractivity contribution is 4.75. The van der Waals surface area contributed by atoms with Crippen molar-refractivity contribution in [2.45, 2.75) is 59.8 Å². The van der Waals surface area contributed by atoms with Crippen molar-refractivity contribution in [3.8, 4) is 0 Å². The van der Waals surface area contributed by atoms with Crippen molar-refractivity contribution in [3.63, 3.8) is 0 Å². The van der Waals surface area contributed by atoms with Crippen molar-refractivity contribution in [1.29, 1.82) is 0 Å². The summed E-state index contributed by atoms with van der Waals surface area (Å²) in [5, 5.41) is 0. The molecule has 0 atom stereocenters. The van der Waals surface area contributed by atoms with Gasteiger partial charge in [-0.1, -0.05) is 34.1 Å². The van der Waals surface area contributed by atoms with E-state index in [9.17, 15) is 0 Å². The largest absolute Gasteiger partial charge is 0.381 e. The average molecular weight is 199 g/mol. The summed E-state index contributed by atoms with van der Waals surface area (Å²) in [6, 6.07) is 0. The molecule has 0 saturated carbocycles. The first kappa shape index (κ1) is 14.0. The molecule has 0 amide bonds. The standard InChI is InChI=1S/C13H27O/c1-12(2)8-5-6-10-14-11-7-9-13(3)4/h13H,5-11H2,1-4H3. The monoisotopic (exact) mass is 199 g/mol. The lowest BCUT2D eigenvalue weighted by atomic mass is 10.1. The van der Waals surface area contributed by atoms with Crippen molar-refractivity contribution in [2.24, 2.45) is 5.92 Å². The first-order valence-electron chi connectivity index (χ1n) is 5.99. The molecule has 0 unspecified atom stereocenters. The molecular formula is C13H27O. The highest BCUT2D eigenvalue weighted by atomic mass is 16.5. The Balaban J connectivity index is 2.92. The topological polar surface area (TPSA) is 9.23 Å². The Morgan fingerprint density at radius 2 is 1.64 bits per heavy atom. The van der Waals surface area contributed by atoms with E-state index in [-0.39, 0.29) is 0 Å². The summed E-state index contributed by atoms with van der Waals surface area (Å²) < 4.78 is 5.56. The first-order valence-corrected chi connectivity index (χ1v) is 5.99. The van der Waals surface area contributed by atoms with Crippen LogP contribution < -0.4 is 0 Å². The van der Waals surface area contributed by atoms with E-state index in [1.807, 2.05) is 0 Å². The fourth-order valence-corrected chi connectivity index (χ4v) is 1.38. The molecule has 0 fully saturated rings. The van der Waals surface area contributed by atoms with Gasteiger partial charge >= 0.3 is 0 Å². The van der Waals surface area contributed by atoms with Crippen LogP contribution in [0.2, 0.25) is 0 Å². The summed E-state index contributed by atoms with van der Waals surface area (Å²) in [4.78, 5) is 0. The Hall–Kier alpha value is -0.0400. The third-order valence-electron chi connectivity index (χ3n) is 2.29. The molecule has 0 rings (SSSR count). The van der Waals surface area contributed by atoms with Gasteiger partial charge in [0.25, 0.3) is 0 Å². The zero-order valence-electron chi connectivity index (χ0n) is 10.4. The molecule has 0 heterocycles. The van der Waals surface area contributed by atoms with Gasteiger partial charge in [0.05, 0.1) is 0 Å². The highest BCUT2D eigenvalue weighted by Crippen LogP contribution is 2.08. The van der Waals surface area contributed by atoms with Crippen molar-refractivity contribution in [2.75, 3.05) is 13.2 Å². The van der Waals surface area contributed by atoms with Crippen LogP contribution in [0.25, 0.3) is 0 Å². The minimum absolute atomic E-state index is 0.816. The normalized spacial score (nSPS) is 11.6. The third kappa shape index (κ3) is 12.0. The van der Waals surface area contributed by atoms with E-state index in [1.54, 1.807) is 0 Å². The van der Waals surface area contributed by atoms with Crippen molar-refractivity contribution in [1.82, 2.24) is 0 Å². The number of hydrogen-bond acceptors (Lipinski definition) is 1. The van der Waals surface area contributed by atoms with Crippen LogP contribution in [-0.2, 0) is 4.74 Å². The Labute approximate surface area is 90.2 Å². The predicted molar refractivity (Wildman–Crippen MR) is 63.3 cm³/mol. The van der Waals surface area contributed by atoms with Crippen molar-refractivity contribution in [3.05, 3.63) is 5.92 Å². The smallest absolute Gasteiger partial charge is 0.0466 e. The zero-order chi connectivity index (χ0) is 10.8. The summed E-state index contributed by atoms with van der Waals surface area (Å²) in [7, 11) is 0. The van der Waals surface area contributed by atoms with Gasteiger partial charge in [0.2, 0.25) is 0 Å². The maximum atomic E-state index is 5.56. The number of hydrogen-bond donors (Lipinski definition) is 0. The molecule has 0 aliphatic rings. The fourth-order valence-electron chi connectivity index (χ4n) is 1.38. The summed E-state index contributed by atoms with van der Waals surface area (Å²) in [6.07, 6.45) is 6.27. The van der Waals surface area contributed by atoms with Crippen LogP contribution in [0.4, 0.5) is 0 Å². The predicted octanol–water partition coefficient (Wildman–Crippen LogP) is 4.22. The molecule has 14 heavy (non-hydrogen) atoms. The lowest BCUT2D eigenvalue weighted by Crippen LogP contribution is -1.99. The van der Waals surface area contributed by atoms with Gasteiger partial charge in [-0.2, -0.15) is 0 Å². The maximum absolute atomic E-state index is 5.56. The zero-order valence-corrected chi connectivity index (χ0v) is 10.4. The van der Waals surface area contributed by atoms with Crippen LogP contribution in [0, 0.1) is 11.8 Å². The van der Waals surface area contributed by atoms with E-state index >= 15 is 0 Å². The van der Waals surface area contributed by atoms with Gasteiger partial charge in [-0.25, -0.2) is 0 Å². The molecule has 0 aliphatic carbocycles. The molecule has 85 valence electrons. The molecule has 1 nitrogen and oxygen atoms in total. The van der Waals surface area contributed by atoms with E-state index in [2.05, 4.69) is 27.7 Å². The fraction of sp³-hybridized carbons (Fsp3) is 0.923. The second-order valence-electron chi connectivity index (χ2n) is 4.81. The second kappa shape index (κ2) is 9.51. The van der Waals surface area contributed by atoms with Gasteiger partial charge < -0.3 is 4.74 Å². The van der Waals surface area contributed by atoms with Crippen LogP contribution in [0.5, 0.6) is 0 Å². The van der Waals surface area contributed by atoms with Gasteiger partial charge in [-0.05, 0) is 37.5 Å². The molecule has 0 bridgehead atoms. The number of unbranched alkanes of at least 4 members (excludes halogenated alkanes) is 1. The second-order valence-corrected chi connectivity index (χ2v) is 4.81. The lowest BCUT2D eigenvalue weighted by molar-refractivity contribution is 0.124. The Morgan fingerprint density at radius 3 is 2.21 bits per heavy atom. The molecular weight excluding hydrogens is 172 g/mol. The Bertz CT molecular complexity index is 93.8. The minimum Gasteiger partial charge on any atom is -0.381 e. The van der Waals surface area contributed by atoms with Gasteiger partial charge in [0.15, 0.2) is 0 Å². The van der Waals surface area contributed by atoms with Gasteiger partial charge in [-0.15, -0.1) is 0 Å². The van der Waals surface area contributed by atoms with Crippen LogP contribution in [0.1, 0.15) is 59.8 Å². The number of rotatable bonds is 9. The SMILES string of the molecule is C[C](C)CCCCOCCCC(C)C. The highest BCUT2D eigenvalue weighted by Gasteiger charge is 1.96. The van der Waals surface area contributed by atoms with Crippen LogP contribution in [0.3, 0.4) is 0 Å². The molecule has 1 radical (unpaired) electrons. The van der Waals surface area contributed by atoms with Crippen molar-refractivity contribution < 1.29 is 4.74 Å². The summed E-state index contributed by atoms with van der Waals surface area (Å²) >= 11 is 0.